The van der Waals surface area contributed by atoms with Gasteiger partial charge in [-0.05, 0) is 109 Å². The van der Waals surface area contributed by atoms with Crippen LogP contribution in [0.25, 0.3) is 0 Å². The fourth-order valence-corrected chi connectivity index (χ4v) is 12.5. The number of rotatable bonds is 75. The fraction of sp³-hybridized carbons (Fsp3) is 0.823. The molecule has 98 heavy (non-hydrogen) atoms. The summed E-state index contributed by atoms with van der Waals surface area (Å²) >= 11 is 0. The standard InChI is InChI=1S/C79H144O17P2/c1-5-9-13-17-21-25-29-33-36-40-43-47-51-55-59-63-76(81)89-69-74(95-78(83)65-61-57-53-49-45-39-32-28-24-20-16-12-8-4)71-93-97(85,86)91-67-73(80)68-92-98(87,88)94-72-75(96-79(84)66-62-58-54-50-46-42-38-35-31-27-23-19-15-11-7-3)70-90-77(82)64-60-56-52-48-44-41-37-34-30-26-22-18-14-10-6-2/h16,20-21,25,28,32-34,36-37,73-75,80H,5-15,17-19,22-24,26-27,29-31,35,38-72H2,1-4H3,(H,85,86)(H,87,88)/b20-16-,25-21-,32-28-,36-33-,37-34-. The second-order valence-electron chi connectivity index (χ2n) is 26.7. The second kappa shape index (κ2) is 72.1. The Morgan fingerprint density at radius 3 is 0.827 bits per heavy atom. The average molecular weight is 1430 g/mol. The summed E-state index contributed by atoms with van der Waals surface area (Å²) in [6.07, 6.45) is 70.5. The van der Waals surface area contributed by atoms with Crippen molar-refractivity contribution in [3.05, 3.63) is 60.8 Å². The molecule has 17 nitrogen and oxygen atoms in total. The quantitative estimate of drug-likeness (QED) is 0.0169. The van der Waals surface area contributed by atoms with Crippen molar-refractivity contribution >= 4 is 39.5 Å². The molecular weight excluding hydrogens is 1280 g/mol. The maximum atomic E-state index is 13.1. The van der Waals surface area contributed by atoms with Gasteiger partial charge in [-0.15, -0.1) is 0 Å². The number of aliphatic hydroxyl groups excluding tert-OH is 1. The van der Waals surface area contributed by atoms with Crippen LogP contribution in [0.1, 0.15) is 362 Å². The fourth-order valence-electron chi connectivity index (χ4n) is 10.9. The zero-order chi connectivity index (χ0) is 71.8. The highest BCUT2D eigenvalue weighted by molar-refractivity contribution is 7.47. The number of aliphatic hydroxyl groups is 1. The number of allylic oxidation sites excluding steroid dienone is 10. The van der Waals surface area contributed by atoms with E-state index in [9.17, 15) is 43.2 Å². The lowest BCUT2D eigenvalue weighted by atomic mass is 10.0. The van der Waals surface area contributed by atoms with Gasteiger partial charge in [0.1, 0.15) is 19.3 Å². The minimum absolute atomic E-state index is 0.0788. The number of phosphoric acid groups is 2. The summed E-state index contributed by atoms with van der Waals surface area (Å²) in [6, 6.07) is 0. The number of ether oxygens (including phenoxy) is 4. The van der Waals surface area contributed by atoms with E-state index in [0.717, 1.165) is 161 Å². The summed E-state index contributed by atoms with van der Waals surface area (Å²) in [5, 5.41) is 10.6. The van der Waals surface area contributed by atoms with Gasteiger partial charge in [0, 0.05) is 25.7 Å². The number of carbonyl (C=O) groups is 4. The third kappa shape index (κ3) is 71.2. The van der Waals surface area contributed by atoms with Crippen LogP contribution >= 0.6 is 15.6 Å². The van der Waals surface area contributed by atoms with Crippen LogP contribution < -0.4 is 0 Å². The molecule has 3 N–H and O–H groups in total. The van der Waals surface area contributed by atoms with Crippen LogP contribution in [0.5, 0.6) is 0 Å². The summed E-state index contributed by atoms with van der Waals surface area (Å²) in [5.41, 5.74) is 0. The highest BCUT2D eigenvalue weighted by Crippen LogP contribution is 2.45. The minimum Gasteiger partial charge on any atom is -0.462 e. The minimum atomic E-state index is -4.97. The van der Waals surface area contributed by atoms with Gasteiger partial charge in [-0.25, -0.2) is 9.13 Å². The van der Waals surface area contributed by atoms with Gasteiger partial charge >= 0.3 is 39.5 Å². The number of carbonyl (C=O) groups excluding carboxylic acids is 4. The molecule has 0 amide bonds. The van der Waals surface area contributed by atoms with Crippen LogP contribution in [0.4, 0.5) is 0 Å². The Hall–Kier alpha value is -3.24. The first-order chi connectivity index (χ1) is 47.7. The van der Waals surface area contributed by atoms with Gasteiger partial charge in [0.2, 0.25) is 0 Å². The molecule has 0 aromatic rings. The molecular formula is C79H144O17P2. The van der Waals surface area contributed by atoms with Gasteiger partial charge in [0.25, 0.3) is 0 Å². The first kappa shape index (κ1) is 94.8. The van der Waals surface area contributed by atoms with Crippen LogP contribution in [-0.2, 0) is 65.4 Å². The monoisotopic (exact) mass is 1430 g/mol. The molecule has 0 spiro atoms. The second-order valence-corrected chi connectivity index (χ2v) is 29.6. The Kier molecular flexibility index (Phi) is 69.7. The number of hydrogen-bond donors (Lipinski definition) is 3. The third-order valence-corrected chi connectivity index (χ3v) is 18.8. The molecule has 0 rings (SSSR count). The van der Waals surface area contributed by atoms with E-state index in [1.807, 2.05) is 0 Å². The lowest BCUT2D eigenvalue weighted by molar-refractivity contribution is -0.161. The summed E-state index contributed by atoms with van der Waals surface area (Å²) in [6.45, 7) is 4.80. The topological polar surface area (TPSA) is 237 Å². The zero-order valence-electron chi connectivity index (χ0n) is 62.5. The molecule has 0 fully saturated rings. The van der Waals surface area contributed by atoms with Gasteiger partial charge in [-0.3, -0.25) is 37.3 Å². The van der Waals surface area contributed by atoms with Gasteiger partial charge in [0.15, 0.2) is 12.2 Å². The van der Waals surface area contributed by atoms with Gasteiger partial charge in [-0.2, -0.15) is 0 Å². The van der Waals surface area contributed by atoms with Gasteiger partial charge in [0.05, 0.1) is 26.4 Å². The van der Waals surface area contributed by atoms with E-state index in [4.69, 9.17) is 37.0 Å². The number of esters is 4. The van der Waals surface area contributed by atoms with E-state index in [1.165, 1.54) is 122 Å². The largest absolute Gasteiger partial charge is 0.472 e. The van der Waals surface area contributed by atoms with E-state index in [0.29, 0.717) is 25.7 Å². The van der Waals surface area contributed by atoms with Crippen molar-refractivity contribution < 1.29 is 80.2 Å². The molecule has 0 aromatic heterocycles. The van der Waals surface area contributed by atoms with Crippen LogP contribution in [0.3, 0.4) is 0 Å². The summed E-state index contributed by atoms with van der Waals surface area (Å²) < 4.78 is 68.5. The Morgan fingerprint density at radius 1 is 0.286 bits per heavy atom. The first-order valence-corrected chi connectivity index (χ1v) is 42.5. The lowest BCUT2D eigenvalue weighted by Gasteiger charge is -2.21. The molecule has 0 aliphatic rings. The summed E-state index contributed by atoms with van der Waals surface area (Å²) in [7, 11) is -9.94. The van der Waals surface area contributed by atoms with Crippen molar-refractivity contribution in [2.45, 2.75) is 380 Å². The van der Waals surface area contributed by atoms with E-state index in [1.54, 1.807) is 0 Å². The zero-order valence-corrected chi connectivity index (χ0v) is 64.3. The van der Waals surface area contributed by atoms with Crippen LogP contribution in [-0.4, -0.2) is 96.7 Å². The van der Waals surface area contributed by atoms with Crippen LogP contribution in [0.15, 0.2) is 60.8 Å². The molecule has 0 heterocycles. The molecule has 0 aliphatic heterocycles. The van der Waals surface area contributed by atoms with Gasteiger partial charge < -0.3 is 33.8 Å². The molecule has 572 valence electrons. The predicted octanol–water partition coefficient (Wildman–Crippen LogP) is 22.7. The molecule has 0 radical (unpaired) electrons. The van der Waals surface area contributed by atoms with E-state index in [2.05, 4.69) is 88.5 Å². The maximum absolute atomic E-state index is 13.1. The molecule has 0 saturated carbocycles. The van der Waals surface area contributed by atoms with E-state index < -0.39 is 97.5 Å². The smallest absolute Gasteiger partial charge is 0.462 e. The molecule has 0 saturated heterocycles. The molecule has 0 aromatic carbocycles. The van der Waals surface area contributed by atoms with Crippen molar-refractivity contribution in [3.8, 4) is 0 Å². The average Bonchev–Trinajstić information content (AvgIpc) is 1.07. The first-order valence-electron chi connectivity index (χ1n) is 39.5. The van der Waals surface area contributed by atoms with Crippen molar-refractivity contribution in [2.75, 3.05) is 39.6 Å². The van der Waals surface area contributed by atoms with Crippen molar-refractivity contribution in [3.63, 3.8) is 0 Å². The Labute approximate surface area is 597 Å². The molecule has 19 heteroatoms. The van der Waals surface area contributed by atoms with Gasteiger partial charge in [-0.1, -0.05) is 288 Å². The maximum Gasteiger partial charge on any atom is 0.472 e. The summed E-state index contributed by atoms with van der Waals surface area (Å²) in [5.74, 6) is -2.18. The van der Waals surface area contributed by atoms with Crippen molar-refractivity contribution in [2.24, 2.45) is 0 Å². The molecule has 5 atom stereocenters. The Morgan fingerprint density at radius 2 is 0.520 bits per heavy atom. The number of phosphoric ester groups is 2. The Bertz CT molecular complexity index is 2100. The van der Waals surface area contributed by atoms with Crippen LogP contribution in [0, 0.1) is 0 Å². The highest BCUT2D eigenvalue weighted by Gasteiger charge is 2.30. The third-order valence-electron chi connectivity index (χ3n) is 16.9. The summed E-state index contributed by atoms with van der Waals surface area (Å²) in [4.78, 5) is 72.9. The highest BCUT2D eigenvalue weighted by atomic mass is 31.2. The van der Waals surface area contributed by atoms with Crippen molar-refractivity contribution in [1.29, 1.82) is 0 Å². The SMILES string of the molecule is CCC/C=C\C/C=C\CCCCCCCC(=O)OC(COC(=O)CCCCCCC/C=C\C/C=C\CCCCC)COP(=O)(O)OCC(O)COP(=O)(O)OCC(COC(=O)CCCCCCC/C=C\CCCCCCCC)OC(=O)CCCCCCCCCCCCCCCCC. The number of hydrogen-bond acceptors (Lipinski definition) is 15. The predicted molar refractivity (Wildman–Crippen MR) is 400 cm³/mol. The Balaban J connectivity index is 5.33. The molecule has 0 aliphatic carbocycles. The lowest BCUT2D eigenvalue weighted by Crippen LogP contribution is -2.30. The van der Waals surface area contributed by atoms with Crippen LogP contribution in [0.2, 0.25) is 0 Å². The van der Waals surface area contributed by atoms with Crippen molar-refractivity contribution in [1.82, 2.24) is 0 Å². The number of unbranched alkanes of at least 4 members (excludes halogenated alkanes) is 39. The molecule has 0 bridgehead atoms. The molecule has 5 unspecified atom stereocenters. The normalized spacial score (nSPS) is 14.2. The van der Waals surface area contributed by atoms with E-state index in [-0.39, 0.29) is 25.7 Å². The van der Waals surface area contributed by atoms with E-state index >= 15 is 0 Å².